The number of halogens is 1. The number of nitrogens with one attached hydrogen (secondary N) is 2. The third kappa shape index (κ3) is 3.10. The molecule has 0 bridgehead atoms. The molecule has 0 aromatic carbocycles. The van der Waals surface area contributed by atoms with E-state index in [1.54, 1.807) is 0 Å². The van der Waals surface area contributed by atoms with Gasteiger partial charge in [-0.15, -0.1) is 12.4 Å². The average molecular weight is 247 g/mol. The third-order valence-electron chi connectivity index (χ3n) is 2.92. The summed E-state index contributed by atoms with van der Waals surface area (Å²) >= 11 is 0. The Kier molecular flexibility index (Phi) is 5.05. The quantitative estimate of drug-likeness (QED) is 0.628. The second kappa shape index (κ2) is 6.08. The van der Waals surface area contributed by atoms with E-state index in [1.165, 1.54) is 5.70 Å². The molecule has 2 aliphatic rings. The molecule has 4 N–H and O–H groups in total. The van der Waals surface area contributed by atoms with Gasteiger partial charge in [0.15, 0.2) is 0 Å². The van der Waals surface area contributed by atoms with Gasteiger partial charge in [-0.25, -0.2) is 5.43 Å². The molecule has 0 radical (unpaired) electrons. The maximum absolute atomic E-state index is 11.1. The van der Waals surface area contributed by atoms with Gasteiger partial charge in [0.2, 0.25) is 5.91 Å². The molecule has 1 atom stereocenters. The van der Waals surface area contributed by atoms with Crippen LogP contribution in [0.2, 0.25) is 0 Å². The first-order chi connectivity index (χ1) is 7.27. The van der Waals surface area contributed by atoms with Crippen LogP contribution in [0.25, 0.3) is 0 Å². The standard InChI is InChI=1S/C10H18N4O.ClH/c11-10(15)9-2-1-7-14(13-9)8-3-5-12-6-4-8;/h3,9,12-13H,1-2,4-7H2,(H2,11,15);1H. The molecular formula is C10H19ClN4O. The largest absolute Gasteiger partial charge is 0.368 e. The van der Waals surface area contributed by atoms with E-state index in [2.05, 4.69) is 21.8 Å². The Morgan fingerprint density at radius 2 is 2.38 bits per heavy atom. The molecule has 1 saturated heterocycles. The number of hydrogen-bond acceptors (Lipinski definition) is 4. The second-order valence-electron chi connectivity index (χ2n) is 4.03. The minimum absolute atomic E-state index is 0. The summed E-state index contributed by atoms with van der Waals surface area (Å²) in [6.45, 7) is 2.88. The van der Waals surface area contributed by atoms with E-state index < -0.39 is 0 Å². The third-order valence-corrected chi connectivity index (χ3v) is 2.92. The van der Waals surface area contributed by atoms with Crippen LogP contribution >= 0.6 is 12.4 Å². The summed E-state index contributed by atoms with van der Waals surface area (Å²) in [6.07, 6.45) is 5.04. The van der Waals surface area contributed by atoms with E-state index in [0.29, 0.717) is 0 Å². The average Bonchev–Trinajstić information content (AvgIpc) is 2.30. The summed E-state index contributed by atoms with van der Waals surface area (Å²) in [5, 5.41) is 5.35. The Morgan fingerprint density at radius 1 is 1.56 bits per heavy atom. The molecule has 1 unspecified atom stereocenters. The summed E-state index contributed by atoms with van der Waals surface area (Å²) in [7, 11) is 0. The van der Waals surface area contributed by atoms with Crippen molar-refractivity contribution in [2.75, 3.05) is 19.6 Å². The fraction of sp³-hybridized carbons (Fsp3) is 0.700. The van der Waals surface area contributed by atoms with E-state index in [9.17, 15) is 4.79 Å². The fourth-order valence-corrected chi connectivity index (χ4v) is 2.06. The molecule has 92 valence electrons. The van der Waals surface area contributed by atoms with E-state index in [0.717, 1.165) is 38.9 Å². The van der Waals surface area contributed by atoms with Crippen molar-refractivity contribution < 1.29 is 4.79 Å². The van der Waals surface area contributed by atoms with Gasteiger partial charge >= 0.3 is 0 Å². The number of carbonyl (C=O) groups is 1. The molecule has 0 aromatic rings. The van der Waals surface area contributed by atoms with Crippen molar-refractivity contribution in [2.45, 2.75) is 25.3 Å². The number of nitrogens with zero attached hydrogens (tertiary/aromatic N) is 1. The van der Waals surface area contributed by atoms with Crippen LogP contribution in [-0.2, 0) is 4.79 Å². The van der Waals surface area contributed by atoms with Gasteiger partial charge in [-0.1, -0.05) is 6.08 Å². The minimum Gasteiger partial charge on any atom is -0.368 e. The van der Waals surface area contributed by atoms with Crippen molar-refractivity contribution in [1.29, 1.82) is 0 Å². The Morgan fingerprint density at radius 3 is 3.00 bits per heavy atom. The van der Waals surface area contributed by atoms with Crippen molar-refractivity contribution in [1.82, 2.24) is 15.8 Å². The highest BCUT2D eigenvalue weighted by atomic mass is 35.5. The highest BCUT2D eigenvalue weighted by Gasteiger charge is 2.24. The van der Waals surface area contributed by atoms with Crippen molar-refractivity contribution in [3.8, 4) is 0 Å². The molecule has 0 aromatic heterocycles. The Balaban J connectivity index is 0.00000128. The zero-order chi connectivity index (χ0) is 10.7. The smallest absolute Gasteiger partial charge is 0.236 e. The SMILES string of the molecule is Cl.NC(=O)C1CCCN(C2=CCNCC2)N1. The number of primary amides is 1. The van der Waals surface area contributed by atoms with Gasteiger partial charge in [-0.05, 0) is 12.8 Å². The molecule has 1 amide bonds. The predicted molar refractivity (Wildman–Crippen MR) is 64.9 cm³/mol. The fourth-order valence-electron chi connectivity index (χ4n) is 2.06. The molecule has 0 spiro atoms. The topological polar surface area (TPSA) is 70.4 Å². The van der Waals surface area contributed by atoms with Gasteiger partial charge in [-0.2, -0.15) is 0 Å². The van der Waals surface area contributed by atoms with Crippen LogP contribution in [0.5, 0.6) is 0 Å². The van der Waals surface area contributed by atoms with Gasteiger partial charge in [0, 0.05) is 31.8 Å². The molecule has 2 rings (SSSR count). The molecule has 5 nitrogen and oxygen atoms in total. The van der Waals surface area contributed by atoms with Gasteiger partial charge in [0.25, 0.3) is 0 Å². The zero-order valence-corrected chi connectivity index (χ0v) is 10.1. The predicted octanol–water partition coefficient (Wildman–Crippen LogP) is -0.260. The van der Waals surface area contributed by atoms with Crippen LogP contribution in [0.15, 0.2) is 11.8 Å². The zero-order valence-electron chi connectivity index (χ0n) is 9.24. The molecule has 0 saturated carbocycles. The monoisotopic (exact) mass is 246 g/mol. The van der Waals surface area contributed by atoms with Gasteiger partial charge in [0.1, 0.15) is 6.04 Å². The summed E-state index contributed by atoms with van der Waals surface area (Å²) in [5.74, 6) is -0.255. The maximum atomic E-state index is 11.1. The number of hydrazine groups is 1. The number of rotatable bonds is 2. The first kappa shape index (κ1) is 13.3. The van der Waals surface area contributed by atoms with Crippen molar-refractivity contribution >= 4 is 18.3 Å². The highest BCUT2D eigenvalue weighted by Crippen LogP contribution is 2.15. The lowest BCUT2D eigenvalue weighted by molar-refractivity contribution is -0.122. The Hall–Kier alpha value is -0.780. The van der Waals surface area contributed by atoms with E-state index in [-0.39, 0.29) is 24.4 Å². The van der Waals surface area contributed by atoms with Crippen LogP contribution in [0, 0.1) is 0 Å². The first-order valence-corrected chi connectivity index (χ1v) is 5.50. The molecule has 16 heavy (non-hydrogen) atoms. The van der Waals surface area contributed by atoms with E-state index in [1.807, 2.05) is 0 Å². The number of hydrogen-bond donors (Lipinski definition) is 3. The summed E-state index contributed by atoms with van der Waals surface area (Å²) in [5.41, 5.74) is 9.76. The van der Waals surface area contributed by atoms with E-state index in [4.69, 9.17) is 5.73 Å². The Bertz CT molecular complexity index is 282. The van der Waals surface area contributed by atoms with Crippen molar-refractivity contribution in [2.24, 2.45) is 5.73 Å². The van der Waals surface area contributed by atoms with Gasteiger partial charge in [-0.3, -0.25) is 4.79 Å². The molecule has 1 fully saturated rings. The van der Waals surface area contributed by atoms with Crippen LogP contribution < -0.4 is 16.5 Å². The van der Waals surface area contributed by atoms with Crippen LogP contribution in [0.1, 0.15) is 19.3 Å². The highest BCUT2D eigenvalue weighted by molar-refractivity contribution is 5.85. The van der Waals surface area contributed by atoms with Crippen LogP contribution in [-0.4, -0.2) is 36.6 Å². The van der Waals surface area contributed by atoms with Crippen molar-refractivity contribution in [3.05, 3.63) is 11.8 Å². The Labute approximate surface area is 102 Å². The summed E-state index contributed by atoms with van der Waals surface area (Å²) < 4.78 is 0. The number of amides is 1. The van der Waals surface area contributed by atoms with Gasteiger partial charge < -0.3 is 16.1 Å². The minimum atomic E-state index is -0.255. The second-order valence-corrected chi connectivity index (χ2v) is 4.03. The molecule has 6 heteroatoms. The van der Waals surface area contributed by atoms with E-state index >= 15 is 0 Å². The molecule has 2 aliphatic heterocycles. The normalized spacial score (nSPS) is 25.6. The number of nitrogens with two attached hydrogens (primary N) is 1. The van der Waals surface area contributed by atoms with Crippen LogP contribution in [0.4, 0.5) is 0 Å². The maximum Gasteiger partial charge on any atom is 0.236 e. The lowest BCUT2D eigenvalue weighted by Gasteiger charge is -2.36. The summed E-state index contributed by atoms with van der Waals surface area (Å²) in [6, 6.07) is -0.200. The molecule has 2 heterocycles. The molecule has 0 aliphatic carbocycles. The van der Waals surface area contributed by atoms with Gasteiger partial charge in [0.05, 0.1) is 0 Å². The van der Waals surface area contributed by atoms with Crippen molar-refractivity contribution in [3.63, 3.8) is 0 Å². The first-order valence-electron chi connectivity index (χ1n) is 5.50. The summed E-state index contributed by atoms with van der Waals surface area (Å²) in [4.78, 5) is 11.1. The molecular weight excluding hydrogens is 228 g/mol. The lowest BCUT2D eigenvalue weighted by atomic mass is 10.1. The number of carbonyl (C=O) groups excluding carboxylic acids is 1. The van der Waals surface area contributed by atoms with Crippen LogP contribution in [0.3, 0.4) is 0 Å². The lowest BCUT2D eigenvalue weighted by Crippen LogP contribution is -2.54.